The van der Waals surface area contributed by atoms with E-state index in [9.17, 15) is 0 Å². The van der Waals surface area contributed by atoms with Crippen molar-refractivity contribution < 1.29 is 9.47 Å². The van der Waals surface area contributed by atoms with Crippen LogP contribution >= 0.6 is 11.3 Å². The molecule has 2 aliphatic heterocycles. The lowest BCUT2D eigenvalue weighted by atomic mass is 10.0. The van der Waals surface area contributed by atoms with Crippen molar-refractivity contribution in [2.45, 2.75) is 44.6 Å². The van der Waals surface area contributed by atoms with E-state index in [-0.39, 0.29) is 12.2 Å². The number of rotatable bonds is 5. The van der Waals surface area contributed by atoms with Crippen LogP contribution < -0.4 is 0 Å². The molecule has 2 fully saturated rings. The van der Waals surface area contributed by atoms with E-state index in [1.54, 1.807) is 11.3 Å². The minimum Gasteiger partial charge on any atom is -0.374 e. The number of likely N-dealkylation sites (tertiary alicyclic amines) is 1. The summed E-state index contributed by atoms with van der Waals surface area (Å²) >= 11 is 1.74. The van der Waals surface area contributed by atoms with Crippen molar-refractivity contribution in [3.05, 3.63) is 28.7 Å². The lowest BCUT2D eigenvalue weighted by Gasteiger charge is -2.32. The van der Waals surface area contributed by atoms with Gasteiger partial charge in [-0.05, 0) is 19.8 Å². The van der Waals surface area contributed by atoms with Crippen LogP contribution in [0.15, 0.2) is 18.2 Å². The summed E-state index contributed by atoms with van der Waals surface area (Å²) in [7, 11) is 0. The van der Waals surface area contributed by atoms with E-state index in [0.29, 0.717) is 12.6 Å². The van der Waals surface area contributed by atoms with E-state index in [0.717, 1.165) is 31.8 Å². The third-order valence-corrected chi connectivity index (χ3v) is 5.12. The second kappa shape index (κ2) is 6.35. The number of nitrogens with zero attached hydrogens (tertiary/aromatic N) is 2. The summed E-state index contributed by atoms with van der Waals surface area (Å²) < 4.78 is 11.9. The highest BCUT2D eigenvalue weighted by molar-refractivity contribution is 7.09. The molecule has 0 aromatic carbocycles. The van der Waals surface area contributed by atoms with Gasteiger partial charge in [0, 0.05) is 30.6 Å². The largest absolute Gasteiger partial charge is 0.374 e. The monoisotopic (exact) mass is 294 g/mol. The number of hydrogen-bond donors (Lipinski definition) is 0. The van der Waals surface area contributed by atoms with Crippen molar-refractivity contribution in [1.82, 2.24) is 9.88 Å². The smallest absolute Gasteiger partial charge is 0.100 e. The molecule has 0 amide bonds. The molecule has 0 N–H and O–H groups in total. The van der Waals surface area contributed by atoms with Gasteiger partial charge in [0.25, 0.3) is 0 Å². The zero-order chi connectivity index (χ0) is 13.9. The average Bonchev–Trinajstić information content (AvgIpc) is 3.02. The Labute approximate surface area is 124 Å². The van der Waals surface area contributed by atoms with Gasteiger partial charge >= 0.3 is 0 Å². The summed E-state index contributed by atoms with van der Waals surface area (Å²) in [5.74, 6) is 0. The van der Waals surface area contributed by atoms with Crippen LogP contribution in [0.4, 0.5) is 0 Å². The van der Waals surface area contributed by atoms with Crippen molar-refractivity contribution in [2.75, 3.05) is 19.8 Å². The Kier molecular flexibility index (Phi) is 4.51. The number of hydrogen-bond acceptors (Lipinski definition) is 5. The third kappa shape index (κ3) is 2.81. The molecule has 0 saturated carbocycles. The maximum Gasteiger partial charge on any atom is 0.100 e. The number of thiazole rings is 1. The molecular formula is C15H22N2O2S. The van der Waals surface area contributed by atoms with E-state index in [4.69, 9.17) is 9.47 Å². The Morgan fingerprint density at radius 3 is 3.30 bits per heavy atom. The fourth-order valence-corrected chi connectivity index (χ4v) is 3.99. The first-order chi connectivity index (χ1) is 9.79. The first-order valence-corrected chi connectivity index (χ1v) is 8.14. The lowest BCUT2D eigenvalue weighted by molar-refractivity contribution is -0.0721. The van der Waals surface area contributed by atoms with Crippen molar-refractivity contribution in [3.8, 4) is 0 Å². The molecule has 0 unspecified atom stereocenters. The minimum absolute atomic E-state index is 0.173. The first-order valence-electron chi connectivity index (χ1n) is 7.26. The molecule has 0 radical (unpaired) electrons. The summed E-state index contributed by atoms with van der Waals surface area (Å²) in [6, 6.07) is 0.486. The Morgan fingerprint density at radius 1 is 1.65 bits per heavy atom. The fraction of sp³-hybridized carbons (Fsp3) is 0.667. The molecule has 3 rings (SSSR count). The molecule has 2 aliphatic rings. The standard InChI is InChI=1S/C15H22N2O2S/c1-3-6-18-13-8-17(9-14-11(2)16-10-20-14)12-5-4-7-19-15(12)13/h3,10,12-13,15H,1,4-9H2,2H3/t12-,13+,15+/m0/s1. The molecule has 20 heavy (non-hydrogen) atoms. The van der Waals surface area contributed by atoms with Gasteiger partial charge in [-0.2, -0.15) is 0 Å². The fourth-order valence-electron chi connectivity index (χ4n) is 3.19. The highest BCUT2D eigenvalue weighted by atomic mass is 32.1. The predicted molar refractivity (Wildman–Crippen MR) is 80.0 cm³/mol. The normalized spacial score (nSPS) is 30.4. The molecule has 2 saturated heterocycles. The predicted octanol–water partition coefficient (Wildman–Crippen LogP) is 2.39. The van der Waals surface area contributed by atoms with Gasteiger partial charge in [0.2, 0.25) is 0 Å². The van der Waals surface area contributed by atoms with Crippen molar-refractivity contribution in [3.63, 3.8) is 0 Å². The number of aryl methyl sites for hydroxylation is 1. The highest BCUT2D eigenvalue weighted by Crippen LogP contribution is 2.32. The van der Waals surface area contributed by atoms with Crippen LogP contribution in [0.2, 0.25) is 0 Å². The number of aromatic nitrogens is 1. The van der Waals surface area contributed by atoms with Crippen molar-refractivity contribution in [2.24, 2.45) is 0 Å². The van der Waals surface area contributed by atoms with Gasteiger partial charge in [0.15, 0.2) is 0 Å². The van der Waals surface area contributed by atoms with Gasteiger partial charge in [-0.3, -0.25) is 4.90 Å². The van der Waals surface area contributed by atoms with Gasteiger partial charge in [0.05, 0.1) is 23.9 Å². The van der Waals surface area contributed by atoms with Gasteiger partial charge in [0.1, 0.15) is 6.10 Å². The van der Waals surface area contributed by atoms with Gasteiger partial charge in [-0.1, -0.05) is 6.08 Å². The Bertz CT molecular complexity index is 462. The minimum atomic E-state index is 0.173. The topological polar surface area (TPSA) is 34.6 Å². The Morgan fingerprint density at radius 2 is 2.55 bits per heavy atom. The summed E-state index contributed by atoms with van der Waals surface area (Å²) in [6.45, 7) is 9.19. The Balaban J connectivity index is 1.70. The molecule has 1 aromatic rings. The van der Waals surface area contributed by atoms with Crippen LogP contribution in [0.3, 0.4) is 0 Å². The zero-order valence-corrected chi connectivity index (χ0v) is 12.8. The molecular weight excluding hydrogens is 272 g/mol. The van der Waals surface area contributed by atoms with E-state index in [2.05, 4.69) is 23.4 Å². The molecule has 110 valence electrons. The number of ether oxygens (including phenoxy) is 2. The molecule has 0 spiro atoms. The third-order valence-electron chi connectivity index (χ3n) is 4.20. The van der Waals surface area contributed by atoms with Crippen LogP contribution in [-0.2, 0) is 16.0 Å². The van der Waals surface area contributed by atoms with Crippen LogP contribution in [0.1, 0.15) is 23.4 Å². The summed E-state index contributed by atoms with van der Waals surface area (Å²) in [4.78, 5) is 8.22. The summed E-state index contributed by atoms with van der Waals surface area (Å²) in [5.41, 5.74) is 3.08. The van der Waals surface area contributed by atoms with Gasteiger partial charge < -0.3 is 9.47 Å². The maximum absolute atomic E-state index is 5.98. The zero-order valence-electron chi connectivity index (χ0n) is 12.0. The van der Waals surface area contributed by atoms with Crippen LogP contribution in [-0.4, -0.2) is 47.9 Å². The summed E-state index contributed by atoms with van der Waals surface area (Å²) in [5, 5.41) is 0. The summed E-state index contributed by atoms with van der Waals surface area (Å²) in [6.07, 6.45) is 4.56. The molecule has 4 nitrogen and oxygen atoms in total. The van der Waals surface area contributed by atoms with Gasteiger partial charge in [-0.15, -0.1) is 17.9 Å². The quantitative estimate of drug-likeness (QED) is 0.781. The molecule has 1 aromatic heterocycles. The maximum atomic E-state index is 5.98. The van der Waals surface area contributed by atoms with Crippen molar-refractivity contribution in [1.29, 1.82) is 0 Å². The SMILES string of the molecule is C=CCO[C@@H]1CN(Cc2scnc2C)[C@H]2CCCO[C@@H]12. The molecule has 5 heteroatoms. The molecule has 3 heterocycles. The molecule has 0 bridgehead atoms. The van der Waals surface area contributed by atoms with Crippen molar-refractivity contribution >= 4 is 11.3 Å². The van der Waals surface area contributed by atoms with Crippen LogP contribution in [0.5, 0.6) is 0 Å². The highest BCUT2D eigenvalue weighted by Gasteiger charge is 2.44. The van der Waals surface area contributed by atoms with Crippen LogP contribution in [0.25, 0.3) is 0 Å². The second-order valence-electron chi connectivity index (χ2n) is 5.50. The number of fused-ring (bicyclic) bond motifs is 1. The average molecular weight is 294 g/mol. The lowest BCUT2D eigenvalue weighted by Crippen LogP contribution is -2.41. The van der Waals surface area contributed by atoms with E-state index in [1.165, 1.54) is 11.3 Å². The first kappa shape index (κ1) is 14.2. The molecule has 3 atom stereocenters. The van der Waals surface area contributed by atoms with E-state index in [1.807, 2.05) is 11.6 Å². The second-order valence-corrected chi connectivity index (χ2v) is 6.44. The Hall–Kier alpha value is -0.750. The van der Waals surface area contributed by atoms with E-state index < -0.39 is 0 Å². The van der Waals surface area contributed by atoms with Crippen LogP contribution in [0, 0.1) is 6.92 Å². The molecule has 0 aliphatic carbocycles. The van der Waals surface area contributed by atoms with E-state index >= 15 is 0 Å². The van der Waals surface area contributed by atoms with Gasteiger partial charge in [-0.25, -0.2) is 4.98 Å².